The number of nitrogens with two attached hydrogens (primary N) is 1. The number of hydrogen-bond acceptors (Lipinski definition) is 2. The molecule has 4 nitrogen and oxygen atoms in total. The van der Waals surface area contributed by atoms with Crippen molar-refractivity contribution in [3.8, 4) is 0 Å². The highest BCUT2D eigenvalue weighted by atomic mass is 19.4. The maximum Gasteiger partial charge on any atom is 0.489 e. The molecule has 7 heteroatoms. The van der Waals surface area contributed by atoms with Crippen molar-refractivity contribution in [2.24, 2.45) is 5.73 Å². The third kappa shape index (κ3) is 1.55. The second-order valence-corrected chi connectivity index (χ2v) is 2.00. The van der Waals surface area contributed by atoms with E-state index < -0.39 is 17.9 Å². The van der Waals surface area contributed by atoms with Crippen molar-refractivity contribution >= 4 is 5.91 Å². The highest BCUT2D eigenvalue weighted by Crippen LogP contribution is 2.21. The zero-order valence-corrected chi connectivity index (χ0v) is 5.67. The quantitative estimate of drug-likeness (QED) is 0.680. The Bertz CT molecular complexity index is 303. The lowest BCUT2D eigenvalue weighted by Crippen LogP contribution is -2.15. The Kier molecular flexibility index (Phi) is 1.79. The molecule has 0 fully saturated rings. The minimum Gasteiger partial charge on any atom is -0.364 e. The van der Waals surface area contributed by atoms with Crippen LogP contribution in [0.4, 0.5) is 13.2 Å². The molecule has 1 amide bonds. The molecule has 2 N–H and O–H groups in total. The molecule has 0 radical (unpaired) electrons. The van der Waals surface area contributed by atoms with Crippen LogP contribution in [0.2, 0.25) is 0 Å². The molecule has 0 spiro atoms. The summed E-state index contributed by atoms with van der Waals surface area (Å²) < 4.78 is 35.4. The van der Waals surface area contributed by atoms with Crippen molar-refractivity contribution < 1.29 is 18.0 Å². The lowest BCUT2D eigenvalue weighted by atomic mass is 10.5. The first-order valence-electron chi connectivity index (χ1n) is 2.82. The molecule has 0 unspecified atom stereocenters. The van der Waals surface area contributed by atoms with Gasteiger partial charge in [-0.25, -0.2) is 9.55 Å². The van der Waals surface area contributed by atoms with E-state index >= 15 is 0 Å². The van der Waals surface area contributed by atoms with Gasteiger partial charge in [-0.3, -0.25) is 4.79 Å². The summed E-state index contributed by atoms with van der Waals surface area (Å²) in [6.45, 7) is 0. The van der Waals surface area contributed by atoms with Crippen molar-refractivity contribution in [3.63, 3.8) is 0 Å². The maximum absolute atomic E-state index is 11.8. The molecule has 1 heterocycles. The van der Waals surface area contributed by atoms with Gasteiger partial charge < -0.3 is 5.73 Å². The molecule has 1 aromatic rings. The zero-order chi connectivity index (χ0) is 9.35. The Balaban J connectivity index is 3.00. The molecular formula is C5H4F3N3O. The van der Waals surface area contributed by atoms with E-state index in [0.717, 1.165) is 0 Å². The molecule has 0 bridgehead atoms. The number of amides is 1. The molecule has 0 atom stereocenters. The van der Waals surface area contributed by atoms with E-state index in [2.05, 4.69) is 10.7 Å². The average Bonchev–Trinajstić information content (AvgIpc) is 2.30. The van der Waals surface area contributed by atoms with Gasteiger partial charge in [-0.15, -0.1) is 13.2 Å². The van der Waals surface area contributed by atoms with Crippen LogP contribution in [0.3, 0.4) is 0 Å². The number of alkyl halides is 3. The first-order valence-corrected chi connectivity index (χ1v) is 2.82. The highest BCUT2D eigenvalue weighted by molar-refractivity contribution is 5.90. The fraction of sp³-hybridized carbons (Fsp3) is 0.200. The van der Waals surface area contributed by atoms with Gasteiger partial charge in [0.05, 0.1) is 0 Å². The third-order valence-electron chi connectivity index (χ3n) is 1.13. The van der Waals surface area contributed by atoms with Crippen LogP contribution in [0.5, 0.6) is 0 Å². The molecule has 0 saturated carbocycles. The van der Waals surface area contributed by atoms with Gasteiger partial charge in [0.1, 0.15) is 12.0 Å². The number of nitrogens with zero attached hydrogens (tertiary/aromatic N) is 2. The smallest absolute Gasteiger partial charge is 0.364 e. The topological polar surface area (TPSA) is 60.9 Å². The van der Waals surface area contributed by atoms with Crippen LogP contribution < -0.4 is 5.73 Å². The van der Waals surface area contributed by atoms with Gasteiger partial charge >= 0.3 is 6.30 Å². The number of aromatic nitrogens is 2. The second kappa shape index (κ2) is 2.50. The summed E-state index contributed by atoms with van der Waals surface area (Å²) in [4.78, 5) is 13.5. The molecule has 0 aliphatic rings. The highest BCUT2D eigenvalue weighted by Gasteiger charge is 2.30. The normalized spacial score (nSPS) is 11.6. The number of imidazole rings is 1. The van der Waals surface area contributed by atoms with E-state index in [1.54, 1.807) is 0 Å². The Morgan fingerprint density at radius 2 is 2.17 bits per heavy atom. The van der Waals surface area contributed by atoms with E-state index in [1.807, 2.05) is 0 Å². The van der Waals surface area contributed by atoms with Crippen LogP contribution in [0, 0.1) is 0 Å². The van der Waals surface area contributed by atoms with Crippen LogP contribution in [0.25, 0.3) is 0 Å². The lowest BCUT2D eigenvalue weighted by molar-refractivity contribution is -0.204. The fourth-order valence-corrected chi connectivity index (χ4v) is 0.589. The number of halogens is 3. The molecule has 0 saturated heterocycles. The van der Waals surface area contributed by atoms with E-state index in [9.17, 15) is 18.0 Å². The van der Waals surface area contributed by atoms with E-state index in [0.29, 0.717) is 12.5 Å². The Morgan fingerprint density at radius 3 is 2.42 bits per heavy atom. The summed E-state index contributed by atoms with van der Waals surface area (Å²) in [6.07, 6.45) is -3.54. The van der Waals surface area contributed by atoms with E-state index in [4.69, 9.17) is 0 Å². The van der Waals surface area contributed by atoms with E-state index in [1.165, 1.54) is 0 Å². The average molecular weight is 179 g/mol. The molecule has 0 aliphatic carbocycles. The van der Waals surface area contributed by atoms with Gasteiger partial charge in [0.25, 0.3) is 5.91 Å². The van der Waals surface area contributed by atoms with Gasteiger partial charge in [0.2, 0.25) is 0 Å². The third-order valence-corrected chi connectivity index (χ3v) is 1.13. The van der Waals surface area contributed by atoms with Crippen molar-refractivity contribution in [1.82, 2.24) is 9.55 Å². The summed E-state index contributed by atoms with van der Waals surface area (Å²) >= 11 is 0. The molecule has 66 valence electrons. The summed E-state index contributed by atoms with van der Waals surface area (Å²) in [5.74, 6) is -0.988. The number of primary amides is 1. The standard InChI is InChI=1S/C5H4F3N3O/c6-5(7,8)11-1-3(4(9)12)10-2-11/h1-2H,(H2,9,12). The monoisotopic (exact) mass is 179 g/mol. The van der Waals surface area contributed by atoms with Crippen LogP contribution in [-0.2, 0) is 6.30 Å². The molecule has 0 aliphatic heterocycles. The summed E-state index contributed by atoms with van der Waals surface area (Å²) in [7, 11) is 0. The minimum absolute atomic E-state index is 0.146. The Hall–Kier alpha value is -1.53. The van der Waals surface area contributed by atoms with Crippen LogP contribution in [-0.4, -0.2) is 15.5 Å². The summed E-state index contributed by atoms with van der Waals surface area (Å²) in [6, 6.07) is 0. The largest absolute Gasteiger partial charge is 0.489 e. The van der Waals surface area contributed by atoms with Crippen LogP contribution >= 0.6 is 0 Å². The van der Waals surface area contributed by atoms with Gasteiger partial charge in [-0.05, 0) is 0 Å². The molecule has 1 aromatic heterocycles. The SMILES string of the molecule is NC(=O)c1cn(C(F)(F)F)cn1. The number of carbonyl (C=O) groups is 1. The number of carbonyl (C=O) groups excluding carboxylic acids is 1. The molecule has 0 aromatic carbocycles. The summed E-state index contributed by atoms with van der Waals surface area (Å²) in [5, 5.41) is 0. The van der Waals surface area contributed by atoms with Gasteiger partial charge in [-0.2, -0.15) is 0 Å². The zero-order valence-electron chi connectivity index (χ0n) is 5.67. The van der Waals surface area contributed by atoms with Crippen molar-refractivity contribution in [1.29, 1.82) is 0 Å². The fourth-order valence-electron chi connectivity index (χ4n) is 0.589. The molecule has 12 heavy (non-hydrogen) atoms. The van der Waals surface area contributed by atoms with Crippen LogP contribution in [0.15, 0.2) is 12.5 Å². The number of hydrogen-bond donors (Lipinski definition) is 1. The number of rotatable bonds is 1. The predicted molar refractivity (Wildman–Crippen MR) is 32.0 cm³/mol. The van der Waals surface area contributed by atoms with Gasteiger partial charge in [0, 0.05) is 6.20 Å². The first-order chi connectivity index (χ1) is 5.41. The van der Waals surface area contributed by atoms with Crippen LogP contribution in [0.1, 0.15) is 10.5 Å². The Labute approximate surface area is 64.8 Å². The van der Waals surface area contributed by atoms with Crippen molar-refractivity contribution in [3.05, 3.63) is 18.2 Å². The maximum atomic E-state index is 11.8. The van der Waals surface area contributed by atoms with Crippen molar-refractivity contribution in [2.75, 3.05) is 0 Å². The Morgan fingerprint density at radius 1 is 1.58 bits per heavy atom. The lowest BCUT2D eigenvalue weighted by Gasteiger charge is -2.04. The van der Waals surface area contributed by atoms with Gasteiger partial charge in [-0.1, -0.05) is 0 Å². The second-order valence-electron chi connectivity index (χ2n) is 2.00. The molecular weight excluding hydrogens is 175 g/mol. The first kappa shape index (κ1) is 8.57. The van der Waals surface area contributed by atoms with Gasteiger partial charge in [0.15, 0.2) is 0 Å². The predicted octanol–water partition coefficient (Wildman–Crippen LogP) is 0.458. The van der Waals surface area contributed by atoms with Crippen molar-refractivity contribution in [2.45, 2.75) is 6.30 Å². The van der Waals surface area contributed by atoms with E-state index in [-0.39, 0.29) is 4.57 Å². The summed E-state index contributed by atoms with van der Waals surface area (Å²) in [5.41, 5.74) is 4.28. The minimum atomic E-state index is -4.55. The molecule has 1 rings (SSSR count).